The van der Waals surface area contributed by atoms with Gasteiger partial charge in [-0.3, -0.25) is 4.98 Å². The lowest BCUT2D eigenvalue weighted by atomic mass is 10.1. The predicted molar refractivity (Wildman–Crippen MR) is 67.3 cm³/mol. The van der Waals surface area contributed by atoms with Crippen LogP contribution in [-0.2, 0) is 6.42 Å². The van der Waals surface area contributed by atoms with Crippen molar-refractivity contribution in [3.63, 3.8) is 0 Å². The minimum atomic E-state index is 0.242. The fourth-order valence-corrected chi connectivity index (χ4v) is 2.28. The Morgan fingerprint density at radius 3 is 2.81 bits per heavy atom. The lowest BCUT2D eigenvalue weighted by Gasteiger charge is -2.01. The van der Waals surface area contributed by atoms with Gasteiger partial charge in [-0.05, 0) is 31.9 Å². The van der Waals surface area contributed by atoms with Crippen molar-refractivity contribution in [1.29, 1.82) is 0 Å². The van der Waals surface area contributed by atoms with E-state index in [0.29, 0.717) is 0 Å². The molecule has 2 rings (SSSR count). The smallest absolute Gasteiger partial charge is 0.123 e. The topological polar surface area (TPSA) is 51.8 Å². The van der Waals surface area contributed by atoms with Crippen LogP contribution in [0.25, 0.3) is 10.6 Å². The fraction of sp³-hybridized carbons (Fsp3) is 0.333. The van der Waals surface area contributed by atoms with Crippen LogP contribution in [0, 0.1) is 0 Å². The number of rotatable bonds is 4. The summed E-state index contributed by atoms with van der Waals surface area (Å²) >= 11 is 1.67. The van der Waals surface area contributed by atoms with Gasteiger partial charge in [0.1, 0.15) is 5.01 Å². The average molecular weight is 233 g/mol. The third kappa shape index (κ3) is 2.87. The van der Waals surface area contributed by atoms with Gasteiger partial charge in [-0.2, -0.15) is 0 Å². The molecule has 0 saturated carbocycles. The van der Waals surface area contributed by atoms with Crippen molar-refractivity contribution in [3.8, 4) is 10.6 Å². The summed E-state index contributed by atoms with van der Waals surface area (Å²) in [5, 5.41) is 3.17. The minimum absolute atomic E-state index is 0.242. The molecular weight excluding hydrogens is 218 g/mol. The summed E-state index contributed by atoms with van der Waals surface area (Å²) in [6.07, 6.45) is 5.52. The van der Waals surface area contributed by atoms with E-state index in [1.54, 1.807) is 23.7 Å². The van der Waals surface area contributed by atoms with E-state index in [4.69, 9.17) is 5.73 Å². The number of hydrogen-bond donors (Lipinski definition) is 1. The van der Waals surface area contributed by atoms with E-state index in [9.17, 15) is 0 Å². The molecule has 0 aliphatic rings. The largest absolute Gasteiger partial charge is 0.328 e. The summed E-state index contributed by atoms with van der Waals surface area (Å²) in [4.78, 5) is 8.59. The van der Waals surface area contributed by atoms with Gasteiger partial charge in [-0.25, -0.2) is 4.98 Å². The second-order valence-corrected chi connectivity index (χ2v) is 4.75. The molecule has 84 valence electrons. The molecule has 16 heavy (non-hydrogen) atoms. The highest BCUT2D eigenvalue weighted by Gasteiger charge is 2.05. The Balaban J connectivity index is 2.08. The number of aromatic nitrogens is 2. The second kappa shape index (κ2) is 5.18. The summed E-state index contributed by atoms with van der Waals surface area (Å²) in [5.41, 5.74) is 7.99. The zero-order valence-electron chi connectivity index (χ0n) is 9.26. The number of aryl methyl sites for hydroxylation is 1. The number of pyridine rings is 1. The second-order valence-electron chi connectivity index (χ2n) is 3.90. The fourth-order valence-electron chi connectivity index (χ4n) is 1.42. The van der Waals surface area contributed by atoms with Crippen molar-refractivity contribution in [2.24, 2.45) is 5.73 Å². The van der Waals surface area contributed by atoms with E-state index in [-0.39, 0.29) is 6.04 Å². The van der Waals surface area contributed by atoms with Crippen LogP contribution in [0.3, 0.4) is 0 Å². The number of thiazole rings is 1. The maximum Gasteiger partial charge on any atom is 0.123 e. The summed E-state index contributed by atoms with van der Waals surface area (Å²) in [5.74, 6) is 0. The molecule has 3 nitrogen and oxygen atoms in total. The summed E-state index contributed by atoms with van der Waals surface area (Å²) < 4.78 is 0. The Morgan fingerprint density at radius 2 is 2.12 bits per heavy atom. The van der Waals surface area contributed by atoms with Gasteiger partial charge in [-0.15, -0.1) is 11.3 Å². The van der Waals surface area contributed by atoms with Crippen molar-refractivity contribution in [1.82, 2.24) is 9.97 Å². The molecule has 0 aromatic carbocycles. The first-order chi connectivity index (χ1) is 7.75. The first-order valence-corrected chi connectivity index (χ1v) is 6.24. The molecular formula is C12H15N3S. The Hall–Kier alpha value is -1.26. The van der Waals surface area contributed by atoms with Crippen molar-refractivity contribution in [3.05, 3.63) is 35.6 Å². The number of hydrogen-bond acceptors (Lipinski definition) is 4. The molecule has 1 atom stereocenters. The van der Waals surface area contributed by atoms with Crippen molar-refractivity contribution >= 4 is 11.3 Å². The van der Waals surface area contributed by atoms with Crippen LogP contribution in [0.5, 0.6) is 0 Å². The highest BCUT2D eigenvalue weighted by Crippen LogP contribution is 2.23. The van der Waals surface area contributed by atoms with Crippen LogP contribution < -0.4 is 5.73 Å². The van der Waals surface area contributed by atoms with Crippen LogP contribution in [0.15, 0.2) is 29.9 Å². The van der Waals surface area contributed by atoms with Gasteiger partial charge in [0.25, 0.3) is 0 Å². The lowest BCUT2D eigenvalue weighted by Crippen LogP contribution is -2.15. The van der Waals surface area contributed by atoms with E-state index in [2.05, 4.69) is 15.3 Å². The maximum absolute atomic E-state index is 5.73. The molecule has 0 radical (unpaired) electrons. The van der Waals surface area contributed by atoms with E-state index < -0.39 is 0 Å². The monoisotopic (exact) mass is 233 g/mol. The van der Waals surface area contributed by atoms with E-state index in [0.717, 1.165) is 29.1 Å². The highest BCUT2D eigenvalue weighted by molar-refractivity contribution is 7.13. The van der Waals surface area contributed by atoms with Crippen LogP contribution in [0.2, 0.25) is 0 Å². The molecule has 0 fully saturated rings. The maximum atomic E-state index is 5.73. The third-order valence-corrected chi connectivity index (χ3v) is 3.28. The number of nitrogens with two attached hydrogens (primary N) is 1. The van der Waals surface area contributed by atoms with Gasteiger partial charge >= 0.3 is 0 Å². The van der Waals surface area contributed by atoms with E-state index in [1.165, 1.54) is 0 Å². The highest BCUT2D eigenvalue weighted by atomic mass is 32.1. The van der Waals surface area contributed by atoms with Gasteiger partial charge in [0.05, 0.1) is 5.69 Å². The molecule has 0 saturated heterocycles. The summed E-state index contributed by atoms with van der Waals surface area (Å²) in [7, 11) is 0. The first kappa shape index (κ1) is 11.2. The van der Waals surface area contributed by atoms with Crippen LogP contribution in [0.4, 0.5) is 0 Å². The molecule has 0 aliphatic carbocycles. The first-order valence-electron chi connectivity index (χ1n) is 5.36. The Kier molecular flexibility index (Phi) is 3.64. The van der Waals surface area contributed by atoms with Gasteiger partial charge in [0.15, 0.2) is 0 Å². The molecule has 0 bridgehead atoms. The van der Waals surface area contributed by atoms with Crippen molar-refractivity contribution in [2.45, 2.75) is 25.8 Å². The van der Waals surface area contributed by atoms with Crippen molar-refractivity contribution < 1.29 is 0 Å². The minimum Gasteiger partial charge on any atom is -0.328 e. The number of nitrogens with zero attached hydrogens (tertiary/aromatic N) is 2. The molecule has 2 heterocycles. The average Bonchev–Trinajstić information content (AvgIpc) is 2.76. The van der Waals surface area contributed by atoms with E-state index in [1.807, 2.05) is 19.1 Å². The Bertz CT molecular complexity index is 437. The summed E-state index contributed by atoms with van der Waals surface area (Å²) in [6.45, 7) is 2.02. The lowest BCUT2D eigenvalue weighted by molar-refractivity contribution is 0.660. The van der Waals surface area contributed by atoms with E-state index >= 15 is 0 Å². The van der Waals surface area contributed by atoms with Gasteiger partial charge < -0.3 is 5.73 Å². The van der Waals surface area contributed by atoms with Crippen LogP contribution >= 0.6 is 11.3 Å². The molecule has 2 aromatic rings. The zero-order chi connectivity index (χ0) is 11.4. The normalized spacial score (nSPS) is 12.6. The quantitative estimate of drug-likeness (QED) is 0.882. The molecule has 0 spiro atoms. The predicted octanol–water partition coefficient (Wildman–Crippen LogP) is 2.48. The van der Waals surface area contributed by atoms with Gasteiger partial charge in [-0.1, -0.05) is 0 Å². The SMILES string of the molecule is CC(N)CCc1csc(-c2ccncc2)n1. The van der Waals surface area contributed by atoms with Crippen molar-refractivity contribution in [2.75, 3.05) is 0 Å². The molecule has 0 amide bonds. The summed E-state index contributed by atoms with van der Waals surface area (Å²) in [6, 6.07) is 4.20. The molecule has 0 aliphatic heterocycles. The molecule has 4 heteroatoms. The van der Waals surface area contributed by atoms with Crippen LogP contribution in [0.1, 0.15) is 19.0 Å². The Morgan fingerprint density at radius 1 is 1.38 bits per heavy atom. The molecule has 1 unspecified atom stereocenters. The van der Waals surface area contributed by atoms with Crippen LogP contribution in [-0.4, -0.2) is 16.0 Å². The van der Waals surface area contributed by atoms with Gasteiger partial charge in [0, 0.05) is 29.4 Å². The zero-order valence-corrected chi connectivity index (χ0v) is 10.1. The standard InChI is InChI=1S/C12H15N3S/c1-9(13)2-3-11-8-16-12(15-11)10-4-6-14-7-5-10/h4-9H,2-3,13H2,1H3. The Labute approximate surface area is 99.4 Å². The molecule has 2 N–H and O–H groups in total. The third-order valence-electron chi connectivity index (χ3n) is 2.33. The molecule has 2 aromatic heterocycles. The van der Waals surface area contributed by atoms with Gasteiger partial charge in [0.2, 0.25) is 0 Å².